The van der Waals surface area contributed by atoms with Crippen molar-refractivity contribution >= 4 is 5.84 Å². The number of ether oxygens (including phenoxy) is 1. The van der Waals surface area contributed by atoms with Gasteiger partial charge in [-0.05, 0) is 26.7 Å². The molecule has 1 saturated heterocycles. The molecule has 0 bridgehead atoms. The molecular weight excluding hydrogens is 164 g/mol. The van der Waals surface area contributed by atoms with Crippen molar-refractivity contribution in [3.05, 3.63) is 0 Å². The first-order valence-electron chi connectivity index (χ1n) is 5.20. The summed E-state index contributed by atoms with van der Waals surface area (Å²) in [5, 5.41) is 7.99. The molecule has 0 aliphatic carbocycles. The molecule has 1 N–H and O–H groups in total. The van der Waals surface area contributed by atoms with Crippen LogP contribution < -0.4 is 0 Å². The van der Waals surface area contributed by atoms with E-state index in [9.17, 15) is 0 Å². The van der Waals surface area contributed by atoms with Crippen molar-refractivity contribution in [2.75, 3.05) is 26.3 Å². The van der Waals surface area contributed by atoms with Crippen LogP contribution in [0.1, 0.15) is 26.7 Å². The summed E-state index contributed by atoms with van der Waals surface area (Å²) in [4.78, 5) is 2.11. The summed E-state index contributed by atoms with van der Waals surface area (Å²) >= 11 is 0. The van der Waals surface area contributed by atoms with Gasteiger partial charge in [0.15, 0.2) is 0 Å². The standard InChI is InChI=1S/C10H20N2O/c1-3-12(4-2)10(11)9-6-5-7-13-8-9/h9,11H,3-8H2,1-2H3. The number of hydrogen-bond donors (Lipinski definition) is 1. The molecule has 1 heterocycles. The van der Waals surface area contributed by atoms with Crippen molar-refractivity contribution in [1.82, 2.24) is 4.90 Å². The van der Waals surface area contributed by atoms with Crippen LogP contribution in [0.4, 0.5) is 0 Å². The van der Waals surface area contributed by atoms with Crippen LogP contribution in [0.3, 0.4) is 0 Å². The third-order valence-electron chi connectivity index (χ3n) is 2.65. The van der Waals surface area contributed by atoms with Crippen molar-refractivity contribution in [2.45, 2.75) is 26.7 Å². The molecule has 1 atom stereocenters. The Bertz CT molecular complexity index is 160. The largest absolute Gasteiger partial charge is 0.381 e. The van der Waals surface area contributed by atoms with Crippen molar-refractivity contribution < 1.29 is 4.74 Å². The summed E-state index contributed by atoms with van der Waals surface area (Å²) < 4.78 is 5.37. The Labute approximate surface area is 80.6 Å². The van der Waals surface area contributed by atoms with E-state index >= 15 is 0 Å². The summed E-state index contributed by atoms with van der Waals surface area (Å²) in [6, 6.07) is 0. The maximum atomic E-state index is 7.99. The zero-order valence-corrected chi connectivity index (χ0v) is 8.68. The third-order valence-corrected chi connectivity index (χ3v) is 2.65. The van der Waals surface area contributed by atoms with Crippen LogP contribution in [-0.2, 0) is 4.74 Å². The van der Waals surface area contributed by atoms with E-state index in [0.29, 0.717) is 5.92 Å². The lowest BCUT2D eigenvalue weighted by molar-refractivity contribution is 0.0727. The molecule has 1 unspecified atom stereocenters. The lowest BCUT2D eigenvalue weighted by Crippen LogP contribution is -2.38. The van der Waals surface area contributed by atoms with Gasteiger partial charge in [0.25, 0.3) is 0 Å². The number of hydrogen-bond acceptors (Lipinski definition) is 2. The maximum absolute atomic E-state index is 7.99. The fourth-order valence-electron chi connectivity index (χ4n) is 1.78. The van der Waals surface area contributed by atoms with Gasteiger partial charge < -0.3 is 9.64 Å². The number of nitrogens with zero attached hydrogens (tertiary/aromatic N) is 1. The molecule has 3 nitrogen and oxygen atoms in total. The molecule has 1 aliphatic rings. The van der Waals surface area contributed by atoms with E-state index < -0.39 is 0 Å². The number of nitrogens with one attached hydrogen (secondary N) is 1. The minimum atomic E-state index is 0.341. The van der Waals surface area contributed by atoms with Gasteiger partial charge in [-0.1, -0.05) is 0 Å². The van der Waals surface area contributed by atoms with Gasteiger partial charge in [0.1, 0.15) is 5.84 Å². The zero-order valence-electron chi connectivity index (χ0n) is 8.68. The zero-order chi connectivity index (χ0) is 9.68. The molecule has 0 radical (unpaired) electrons. The third kappa shape index (κ3) is 2.69. The van der Waals surface area contributed by atoms with E-state index in [-0.39, 0.29) is 0 Å². The van der Waals surface area contributed by atoms with Gasteiger partial charge in [0.05, 0.1) is 6.61 Å². The van der Waals surface area contributed by atoms with Crippen LogP contribution in [0.5, 0.6) is 0 Å². The molecule has 76 valence electrons. The monoisotopic (exact) mass is 184 g/mol. The highest BCUT2D eigenvalue weighted by molar-refractivity contribution is 5.81. The van der Waals surface area contributed by atoms with Gasteiger partial charge in [0, 0.05) is 25.6 Å². The van der Waals surface area contributed by atoms with Crippen molar-refractivity contribution in [3.63, 3.8) is 0 Å². The van der Waals surface area contributed by atoms with Crippen LogP contribution in [0.15, 0.2) is 0 Å². The van der Waals surface area contributed by atoms with Crippen molar-refractivity contribution in [2.24, 2.45) is 5.92 Å². The lowest BCUT2D eigenvalue weighted by Gasteiger charge is -2.30. The first-order valence-corrected chi connectivity index (χ1v) is 5.20. The van der Waals surface area contributed by atoms with E-state index in [1.165, 1.54) is 0 Å². The molecule has 0 amide bonds. The second-order valence-electron chi connectivity index (χ2n) is 3.47. The normalized spacial score (nSPS) is 22.8. The van der Waals surface area contributed by atoms with Crippen LogP contribution in [-0.4, -0.2) is 37.0 Å². The Morgan fingerprint density at radius 2 is 2.15 bits per heavy atom. The quantitative estimate of drug-likeness (QED) is 0.535. The molecule has 1 fully saturated rings. The van der Waals surface area contributed by atoms with E-state index in [0.717, 1.165) is 45.0 Å². The molecule has 0 aromatic rings. The molecule has 0 saturated carbocycles. The summed E-state index contributed by atoms with van der Waals surface area (Å²) in [5.41, 5.74) is 0. The Hall–Kier alpha value is -0.570. The van der Waals surface area contributed by atoms with E-state index in [4.69, 9.17) is 10.1 Å². The highest BCUT2D eigenvalue weighted by Gasteiger charge is 2.21. The molecule has 0 spiro atoms. The lowest BCUT2D eigenvalue weighted by atomic mass is 10.0. The summed E-state index contributed by atoms with van der Waals surface area (Å²) in [6.07, 6.45) is 2.23. The maximum Gasteiger partial charge on any atom is 0.101 e. The minimum absolute atomic E-state index is 0.341. The Balaban J connectivity index is 2.44. The summed E-state index contributed by atoms with van der Waals surface area (Å²) in [5.74, 6) is 1.11. The smallest absolute Gasteiger partial charge is 0.101 e. The van der Waals surface area contributed by atoms with Gasteiger partial charge in [0.2, 0.25) is 0 Å². The average Bonchev–Trinajstić information content (AvgIpc) is 2.21. The second-order valence-corrected chi connectivity index (χ2v) is 3.47. The molecule has 3 heteroatoms. The average molecular weight is 184 g/mol. The van der Waals surface area contributed by atoms with Gasteiger partial charge in [-0.2, -0.15) is 0 Å². The van der Waals surface area contributed by atoms with E-state index in [1.54, 1.807) is 0 Å². The van der Waals surface area contributed by atoms with Crippen molar-refractivity contribution in [1.29, 1.82) is 5.41 Å². The predicted octanol–water partition coefficient (Wildman–Crippen LogP) is 1.73. The van der Waals surface area contributed by atoms with Crippen molar-refractivity contribution in [3.8, 4) is 0 Å². The van der Waals surface area contributed by atoms with Crippen LogP contribution in [0, 0.1) is 11.3 Å². The Morgan fingerprint density at radius 1 is 1.46 bits per heavy atom. The SMILES string of the molecule is CCN(CC)C(=N)C1CCCOC1. The fraction of sp³-hybridized carbons (Fsp3) is 0.900. The van der Waals surface area contributed by atoms with Crippen LogP contribution in [0.25, 0.3) is 0 Å². The minimum Gasteiger partial charge on any atom is -0.381 e. The highest BCUT2D eigenvalue weighted by atomic mass is 16.5. The number of rotatable bonds is 3. The highest BCUT2D eigenvalue weighted by Crippen LogP contribution is 2.16. The Kier molecular flexibility index (Phi) is 4.22. The topological polar surface area (TPSA) is 36.3 Å². The number of amidine groups is 1. The van der Waals surface area contributed by atoms with Gasteiger partial charge >= 0.3 is 0 Å². The fourth-order valence-corrected chi connectivity index (χ4v) is 1.78. The molecule has 0 aromatic carbocycles. The van der Waals surface area contributed by atoms with Gasteiger partial charge in [-0.25, -0.2) is 0 Å². The Morgan fingerprint density at radius 3 is 2.62 bits per heavy atom. The predicted molar refractivity (Wildman–Crippen MR) is 54.2 cm³/mol. The molecular formula is C10H20N2O. The second kappa shape index (κ2) is 5.22. The summed E-state index contributed by atoms with van der Waals surface area (Å²) in [6.45, 7) is 7.69. The molecule has 1 aliphatic heterocycles. The van der Waals surface area contributed by atoms with Crippen LogP contribution in [0.2, 0.25) is 0 Å². The van der Waals surface area contributed by atoms with Gasteiger partial charge in [-0.15, -0.1) is 0 Å². The molecule has 1 rings (SSSR count). The first-order chi connectivity index (χ1) is 6.29. The van der Waals surface area contributed by atoms with E-state index in [2.05, 4.69) is 18.7 Å². The van der Waals surface area contributed by atoms with E-state index in [1.807, 2.05) is 0 Å². The summed E-state index contributed by atoms with van der Waals surface area (Å²) in [7, 11) is 0. The first kappa shape index (κ1) is 10.5. The van der Waals surface area contributed by atoms with Crippen LogP contribution >= 0.6 is 0 Å². The molecule has 13 heavy (non-hydrogen) atoms. The molecule has 0 aromatic heterocycles. The van der Waals surface area contributed by atoms with Gasteiger partial charge in [-0.3, -0.25) is 5.41 Å².